The lowest BCUT2D eigenvalue weighted by atomic mass is 9.89. The maximum Gasteiger partial charge on any atom is 0.147 e. The van der Waals surface area contributed by atoms with Crippen LogP contribution < -0.4 is 4.90 Å². The Bertz CT molecular complexity index is 643. The zero-order valence-corrected chi connectivity index (χ0v) is 15.3. The van der Waals surface area contributed by atoms with E-state index in [1.54, 1.807) is 0 Å². The molecule has 0 N–H and O–H groups in total. The van der Waals surface area contributed by atoms with E-state index in [1.807, 2.05) is 11.8 Å². The van der Waals surface area contributed by atoms with Gasteiger partial charge in [0.05, 0.1) is 18.8 Å². The van der Waals surface area contributed by atoms with Gasteiger partial charge >= 0.3 is 0 Å². The quantitative estimate of drug-likeness (QED) is 0.830. The number of morpholine rings is 1. The fourth-order valence-corrected chi connectivity index (χ4v) is 4.48. The average molecular weight is 331 g/mol. The molecule has 0 unspecified atom stereocenters. The van der Waals surface area contributed by atoms with E-state index in [1.165, 1.54) is 16.8 Å². The highest BCUT2D eigenvalue weighted by Crippen LogP contribution is 2.43. The van der Waals surface area contributed by atoms with Gasteiger partial charge in [-0.3, -0.25) is 0 Å². The van der Waals surface area contributed by atoms with Crippen molar-refractivity contribution in [3.63, 3.8) is 0 Å². The first-order valence-corrected chi connectivity index (χ1v) is 9.34. The van der Waals surface area contributed by atoms with Crippen molar-refractivity contribution in [3.8, 4) is 6.07 Å². The number of pyridine rings is 1. The van der Waals surface area contributed by atoms with E-state index in [-0.39, 0.29) is 4.75 Å². The Morgan fingerprint density at radius 1 is 1.26 bits per heavy atom. The zero-order chi connectivity index (χ0) is 16.6. The number of thioether (sulfide) groups is 1. The van der Waals surface area contributed by atoms with Crippen LogP contribution in [0.25, 0.3) is 0 Å². The molecule has 4 nitrogen and oxygen atoms in total. The first kappa shape index (κ1) is 16.6. The largest absolute Gasteiger partial charge is 0.378 e. The number of nitriles is 1. The summed E-state index contributed by atoms with van der Waals surface area (Å²) in [6.45, 7) is 12.0. The molecule has 1 aromatic rings. The molecule has 124 valence electrons. The van der Waals surface area contributed by atoms with Crippen LogP contribution in [0.3, 0.4) is 0 Å². The van der Waals surface area contributed by atoms with E-state index in [9.17, 15) is 5.26 Å². The second kappa shape index (κ2) is 6.33. The number of nitrogens with zero attached hydrogens (tertiary/aromatic N) is 3. The third-order valence-electron chi connectivity index (χ3n) is 4.60. The van der Waals surface area contributed by atoms with Gasteiger partial charge in [0.2, 0.25) is 0 Å². The van der Waals surface area contributed by atoms with Gasteiger partial charge in [-0.15, -0.1) is 0 Å². The number of hydrogen-bond donors (Lipinski definition) is 0. The molecule has 3 rings (SSSR count). The molecule has 1 aromatic heterocycles. The molecule has 0 spiro atoms. The Morgan fingerprint density at radius 2 is 1.96 bits per heavy atom. The third-order valence-corrected chi connectivity index (χ3v) is 5.96. The number of anilines is 1. The summed E-state index contributed by atoms with van der Waals surface area (Å²) in [7, 11) is 0. The molecule has 0 saturated carbocycles. The second-order valence-electron chi connectivity index (χ2n) is 7.24. The van der Waals surface area contributed by atoms with Crippen molar-refractivity contribution in [2.24, 2.45) is 0 Å². The summed E-state index contributed by atoms with van der Waals surface area (Å²) in [6.07, 6.45) is 0.992. The van der Waals surface area contributed by atoms with Crippen LogP contribution in [0, 0.1) is 11.3 Å². The van der Waals surface area contributed by atoms with Crippen molar-refractivity contribution in [2.75, 3.05) is 31.2 Å². The monoisotopic (exact) mass is 331 g/mol. The van der Waals surface area contributed by atoms with Gasteiger partial charge in [0.1, 0.15) is 11.9 Å². The maximum absolute atomic E-state index is 9.81. The molecule has 2 aliphatic heterocycles. The zero-order valence-electron chi connectivity index (χ0n) is 14.5. The summed E-state index contributed by atoms with van der Waals surface area (Å²) in [5.74, 6) is 2.15. The highest BCUT2D eigenvalue weighted by Gasteiger charge is 2.33. The molecule has 1 saturated heterocycles. The molecule has 23 heavy (non-hydrogen) atoms. The molecule has 0 amide bonds. The van der Waals surface area contributed by atoms with Gasteiger partial charge in [-0.25, -0.2) is 4.98 Å². The van der Waals surface area contributed by atoms with Gasteiger partial charge in [-0.2, -0.15) is 17.0 Å². The number of hydrogen-bond acceptors (Lipinski definition) is 5. The average Bonchev–Trinajstić information content (AvgIpc) is 2.53. The second-order valence-corrected chi connectivity index (χ2v) is 8.93. The van der Waals surface area contributed by atoms with Gasteiger partial charge in [-0.1, -0.05) is 27.7 Å². The van der Waals surface area contributed by atoms with Crippen molar-refractivity contribution >= 4 is 17.6 Å². The molecule has 0 aromatic carbocycles. The van der Waals surface area contributed by atoms with Gasteiger partial charge in [-0.05, 0) is 23.5 Å². The Kier molecular flexibility index (Phi) is 4.57. The molecule has 2 aliphatic rings. The number of rotatable bonds is 2. The normalized spacial score (nSPS) is 20.3. The van der Waals surface area contributed by atoms with Gasteiger partial charge < -0.3 is 9.64 Å². The summed E-state index contributed by atoms with van der Waals surface area (Å²) in [5, 5.41) is 9.81. The van der Waals surface area contributed by atoms with Crippen LogP contribution in [0.15, 0.2) is 0 Å². The van der Waals surface area contributed by atoms with Gasteiger partial charge in [0.25, 0.3) is 0 Å². The predicted molar refractivity (Wildman–Crippen MR) is 95.2 cm³/mol. The van der Waals surface area contributed by atoms with Crippen LogP contribution in [-0.4, -0.2) is 36.0 Å². The molecule has 0 aliphatic carbocycles. The van der Waals surface area contributed by atoms with Gasteiger partial charge in [0, 0.05) is 29.3 Å². The summed E-state index contributed by atoms with van der Waals surface area (Å²) in [6, 6.07) is 2.46. The molecular formula is C18H25N3OS. The SMILES string of the molecule is CC(C)c1nc(N2CCOCC2)c(C#N)c2c1CC(C)(C)SC2. The summed E-state index contributed by atoms with van der Waals surface area (Å²) >= 11 is 1.95. The van der Waals surface area contributed by atoms with Crippen LogP contribution in [0.5, 0.6) is 0 Å². The van der Waals surface area contributed by atoms with Crippen LogP contribution in [0.2, 0.25) is 0 Å². The highest BCUT2D eigenvalue weighted by molar-refractivity contribution is 7.99. The van der Waals surface area contributed by atoms with E-state index in [2.05, 4.69) is 38.7 Å². The molecule has 1 fully saturated rings. The number of ether oxygens (including phenoxy) is 1. The molecule has 3 heterocycles. The summed E-state index contributed by atoms with van der Waals surface area (Å²) in [5.41, 5.74) is 4.50. The van der Waals surface area contributed by atoms with Gasteiger partial charge in [0.15, 0.2) is 0 Å². The third kappa shape index (κ3) is 3.20. The van der Waals surface area contributed by atoms with E-state index < -0.39 is 0 Å². The lowest BCUT2D eigenvalue weighted by Gasteiger charge is -2.36. The van der Waals surface area contributed by atoms with Crippen molar-refractivity contribution < 1.29 is 4.74 Å². The predicted octanol–water partition coefficient (Wildman–Crippen LogP) is 3.48. The van der Waals surface area contributed by atoms with Crippen molar-refractivity contribution in [3.05, 3.63) is 22.4 Å². The topological polar surface area (TPSA) is 49.2 Å². The van der Waals surface area contributed by atoms with Crippen LogP contribution in [0.1, 0.15) is 56.0 Å². The Morgan fingerprint density at radius 3 is 2.57 bits per heavy atom. The smallest absolute Gasteiger partial charge is 0.147 e. The number of aromatic nitrogens is 1. The standard InChI is InChI=1S/C18H25N3OS/c1-12(2)16-13-9-18(3,4)23-11-15(13)14(10-19)17(20-16)21-5-7-22-8-6-21/h12H,5-9,11H2,1-4H3. The fourth-order valence-electron chi connectivity index (χ4n) is 3.38. The van der Waals surface area contributed by atoms with Crippen molar-refractivity contribution in [1.29, 1.82) is 5.26 Å². The Labute approximate surface area is 143 Å². The van der Waals surface area contributed by atoms with E-state index in [0.717, 1.165) is 36.6 Å². The van der Waals surface area contributed by atoms with E-state index >= 15 is 0 Å². The summed E-state index contributed by atoms with van der Waals surface area (Å²) < 4.78 is 5.67. The Balaban J connectivity index is 2.15. The van der Waals surface area contributed by atoms with Crippen molar-refractivity contribution in [1.82, 2.24) is 4.98 Å². The fraction of sp³-hybridized carbons (Fsp3) is 0.667. The molecule has 0 bridgehead atoms. The minimum absolute atomic E-state index is 0.214. The highest BCUT2D eigenvalue weighted by atomic mass is 32.2. The lowest BCUT2D eigenvalue weighted by molar-refractivity contribution is 0.122. The number of fused-ring (bicyclic) bond motifs is 1. The minimum Gasteiger partial charge on any atom is -0.378 e. The van der Waals surface area contributed by atoms with E-state index in [0.29, 0.717) is 19.1 Å². The van der Waals surface area contributed by atoms with E-state index in [4.69, 9.17) is 9.72 Å². The molecular weight excluding hydrogens is 306 g/mol. The van der Waals surface area contributed by atoms with Crippen LogP contribution >= 0.6 is 11.8 Å². The van der Waals surface area contributed by atoms with Crippen LogP contribution in [-0.2, 0) is 16.9 Å². The van der Waals surface area contributed by atoms with Crippen molar-refractivity contribution in [2.45, 2.75) is 50.5 Å². The molecule has 5 heteroatoms. The first-order valence-electron chi connectivity index (χ1n) is 8.35. The van der Waals surface area contributed by atoms with Crippen LogP contribution in [0.4, 0.5) is 5.82 Å². The summed E-state index contributed by atoms with van der Waals surface area (Å²) in [4.78, 5) is 7.21. The first-order chi connectivity index (χ1) is 10.9. The Hall–Kier alpha value is -1.25. The lowest BCUT2D eigenvalue weighted by Crippen LogP contribution is -2.38. The molecule has 0 atom stereocenters. The minimum atomic E-state index is 0.214. The molecule has 0 radical (unpaired) electrons. The maximum atomic E-state index is 9.81.